The van der Waals surface area contributed by atoms with Crippen molar-refractivity contribution in [2.45, 2.75) is 25.9 Å². The van der Waals surface area contributed by atoms with Crippen LogP contribution in [0.5, 0.6) is 5.75 Å². The van der Waals surface area contributed by atoms with E-state index >= 15 is 0 Å². The smallest absolute Gasteiger partial charge is 0.223 e. The van der Waals surface area contributed by atoms with Crippen LogP contribution in [0.2, 0.25) is 0 Å². The monoisotopic (exact) mass is 333 g/mol. The zero-order valence-electron chi connectivity index (χ0n) is 14.1. The van der Waals surface area contributed by atoms with Crippen molar-refractivity contribution >= 4 is 16.7 Å². The molecule has 0 saturated heterocycles. The molecule has 0 fully saturated rings. The fraction of sp³-hybridized carbons (Fsp3) is 0.250. The van der Waals surface area contributed by atoms with E-state index in [0.29, 0.717) is 25.9 Å². The van der Waals surface area contributed by atoms with Crippen LogP contribution in [0.3, 0.4) is 0 Å². The molecule has 3 aromatic rings. The second-order valence-corrected chi connectivity index (χ2v) is 6.21. The number of nitrogens with zero attached hydrogens (tertiary/aromatic N) is 3. The maximum Gasteiger partial charge on any atom is 0.223 e. The summed E-state index contributed by atoms with van der Waals surface area (Å²) in [6, 6.07) is 12.2. The van der Waals surface area contributed by atoms with E-state index in [1.165, 1.54) is 6.33 Å². The van der Waals surface area contributed by atoms with Crippen LogP contribution >= 0.6 is 0 Å². The molecule has 0 unspecified atom stereocenters. The second-order valence-electron chi connectivity index (χ2n) is 6.21. The quantitative estimate of drug-likeness (QED) is 0.736. The Morgan fingerprint density at radius 2 is 2.08 bits per heavy atom. The van der Waals surface area contributed by atoms with Gasteiger partial charge < -0.3 is 9.64 Å². The topological polar surface area (TPSA) is 55.3 Å². The van der Waals surface area contributed by atoms with Crippen molar-refractivity contribution < 1.29 is 9.53 Å². The highest BCUT2D eigenvalue weighted by Gasteiger charge is 2.24. The number of methoxy groups -OCH3 is 1. The lowest BCUT2D eigenvalue weighted by Gasteiger charge is -2.16. The minimum absolute atomic E-state index is 0.132. The van der Waals surface area contributed by atoms with Crippen LogP contribution in [0, 0.1) is 0 Å². The van der Waals surface area contributed by atoms with E-state index in [1.807, 2.05) is 23.1 Å². The molecule has 1 aliphatic heterocycles. The van der Waals surface area contributed by atoms with Crippen molar-refractivity contribution in [2.75, 3.05) is 7.11 Å². The summed E-state index contributed by atoms with van der Waals surface area (Å²) in [4.78, 5) is 22.8. The number of fused-ring (bicyclic) bond motifs is 2. The van der Waals surface area contributed by atoms with E-state index in [4.69, 9.17) is 4.74 Å². The van der Waals surface area contributed by atoms with Gasteiger partial charge in [-0.25, -0.2) is 9.97 Å². The number of aromatic nitrogens is 2. The minimum atomic E-state index is 0.132. The van der Waals surface area contributed by atoms with E-state index in [9.17, 15) is 4.79 Å². The molecule has 126 valence electrons. The third kappa shape index (κ3) is 2.93. The minimum Gasteiger partial charge on any atom is -0.496 e. The Balaban J connectivity index is 1.52. The number of carbonyl (C=O) groups is 1. The molecular formula is C20H19N3O2. The molecule has 5 nitrogen and oxygen atoms in total. The molecule has 0 radical (unpaired) electrons. The van der Waals surface area contributed by atoms with Crippen molar-refractivity contribution in [2.24, 2.45) is 0 Å². The summed E-state index contributed by atoms with van der Waals surface area (Å²) in [7, 11) is 1.67. The van der Waals surface area contributed by atoms with E-state index in [2.05, 4.69) is 28.2 Å². The van der Waals surface area contributed by atoms with Gasteiger partial charge in [0.25, 0.3) is 0 Å². The van der Waals surface area contributed by atoms with Gasteiger partial charge >= 0.3 is 0 Å². The number of carbonyl (C=O) groups excluding carboxylic acids is 1. The lowest BCUT2D eigenvalue weighted by atomic mass is 9.99. The van der Waals surface area contributed by atoms with Crippen molar-refractivity contribution in [3.05, 3.63) is 65.7 Å². The second kappa shape index (κ2) is 6.51. The Morgan fingerprint density at radius 3 is 2.92 bits per heavy atom. The van der Waals surface area contributed by atoms with Crippen LogP contribution in [0.25, 0.3) is 10.8 Å². The summed E-state index contributed by atoms with van der Waals surface area (Å²) in [6.07, 6.45) is 4.44. The van der Waals surface area contributed by atoms with Crippen LogP contribution in [-0.2, 0) is 24.3 Å². The van der Waals surface area contributed by atoms with Gasteiger partial charge in [0.05, 0.1) is 19.3 Å². The SMILES string of the molecule is COc1ccc2ccccc2c1CCC(=O)N1Cc2cncnc2C1. The van der Waals surface area contributed by atoms with Crippen molar-refractivity contribution in [1.29, 1.82) is 0 Å². The number of hydrogen-bond acceptors (Lipinski definition) is 4. The Kier molecular flexibility index (Phi) is 4.06. The fourth-order valence-corrected chi connectivity index (χ4v) is 3.43. The third-order valence-corrected chi connectivity index (χ3v) is 4.74. The van der Waals surface area contributed by atoms with Gasteiger partial charge in [-0.05, 0) is 23.3 Å². The third-order valence-electron chi connectivity index (χ3n) is 4.74. The Hall–Kier alpha value is -2.95. The summed E-state index contributed by atoms with van der Waals surface area (Å²) in [6.45, 7) is 1.17. The summed E-state index contributed by atoms with van der Waals surface area (Å²) in [5, 5.41) is 2.31. The summed E-state index contributed by atoms with van der Waals surface area (Å²) in [5.41, 5.74) is 3.08. The molecule has 4 rings (SSSR count). The summed E-state index contributed by atoms with van der Waals surface area (Å²) >= 11 is 0. The molecule has 1 aliphatic rings. The highest BCUT2D eigenvalue weighted by Crippen LogP contribution is 2.29. The molecule has 25 heavy (non-hydrogen) atoms. The van der Waals surface area contributed by atoms with Gasteiger partial charge in [0, 0.05) is 30.3 Å². The molecule has 1 amide bonds. The molecule has 0 spiro atoms. The van der Waals surface area contributed by atoms with Crippen molar-refractivity contribution in [3.63, 3.8) is 0 Å². The number of rotatable bonds is 4. The van der Waals surface area contributed by atoms with Gasteiger partial charge in [0.1, 0.15) is 12.1 Å². The van der Waals surface area contributed by atoms with Crippen molar-refractivity contribution in [1.82, 2.24) is 14.9 Å². The molecule has 2 aromatic carbocycles. The number of benzene rings is 2. The van der Waals surface area contributed by atoms with Gasteiger partial charge in [-0.3, -0.25) is 4.79 Å². The largest absolute Gasteiger partial charge is 0.496 e. The highest BCUT2D eigenvalue weighted by atomic mass is 16.5. The first kappa shape index (κ1) is 15.6. The molecule has 0 N–H and O–H groups in total. The molecule has 0 atom stereocenters. The highest BCUT2D eigenvalue weighted by molar-refractivity contribution is 5.88. The number of ether oxygens (including phenoxy) is 1. The maximum atomic E-state index is 12.7. The first-order valence-corrected chi connectivity index (χ1v) is 8.36. The molecule has 1 aromatic heterocycles. The molecule has 5 heteroatoms. The summed E-state index contributed by atoms with van der Waals surface area (Å²) in [5.74, 6) is 0.968. The van der Waals surface area contributed by atoms with Gasteiger partial charge in [-0.2, -0.15) is 0 Å². The van der Waals surface area contributed by atoms with Gasteiger partial charge in [0.2, 0.25) is 5.91 Å². The Bertz CT molecular complexity index is 914. The first-order chi connectivity index (χ1) is 12.3. The maximum absolute atomic E-state index is 12.7. The van der Waals surface area contributed by atoms with Crippen LogP contribution in [0.4, 0.5) is 0 Å². The molecule has 0 bridgehead atoms. The molecular weight excluding hydrogens is 314 g/mol. The predicted molar refractivity (Wildman–Crippen MR) is 95.1 cm³/mol. The number of hydrogen-bond donors (Lipinski definition) is 0. The van der Waals surface area contributed by atoms with E-state index in [0.717, 1.165) is 33.3 Å². The van der Waals surface area contributed by atoms with Gasteiger partial charge in [0.15, 0.2) is 0 Å². The number of amides is 1. The van der Waals surface area contributed by atoms with E-state index in [1.54, 1.807) is 13.3 Å². The number of aryl methyl sites for hydroxylation is 1. The standard InChI is InChI=1S/C20H19N3O2/c1-25-19-8-6-14-4-2-3-5-16(14)17(19)7-9-20(24)23-11-15-10-21-13-22-18(15)12-23/h2-6,8,10,13H,7,9,11-12H2,1H3. The van der Waals surface area contributed by atoms with Gasteiger partial charge in [-0.15, -0.1) is 0 Å². The first-order valence-electron chi connectivity index (χ1n) is 8.36. The zero-order valence-corrected chi connectivity index (χ0v) is 14.1. The van der Waals surface area contributed by atoms with E-state index in [-0.39, 0.29) is 5.91 Å². The van der Waals surface area contributed by atoms with Crippen molar-refractivity contribution in [3.8, 4) is 5.75 Å². The van der Waals surface area contributed by atoms with Crippen LogP contribution < -0.4 is 4.74 Å². The average Bonchev–Trinajstić information content (AvgIpc) is 3.10. The van der Waals surface area contributed by atoms with Crippen LogP contribution in [0.1, 0.15) is 23.2 Å². The van der Waals surface area contributed by atoms with Gasteiger partial charge in [-0.1, -0.05) is 30.3 Å². The Morgan fingerprint density at radius 1 is 1.20 bits per heavy atom. The van der Waals surface area contributed by atoms with Crippen LogP contribution in [0.15, 0.2) is 48.9 Å². The summed E-state index contributed by atoms with van der Waals surface area (Å²) < 4.78 is 5.52. The zero-order chi connectivity index (χ0) is 17.2. The lowest BCUT2D eigenvalue weighted by molar-refractivity contribution is -0.131. The fourth-order valence-electron chi connectivity index (χ4n) is 3.43. The predicted octanol–water partition coefficient (Wildman–Crippen LogP) is 3.11. The normalized spacial score (nSPS) is 13.1. The Labute approximate surface area is 146 Å². The van der Waals surface area contributed by atoms with E-state index < -0.39 is 0 Å². The molecule has 0 aliphatic carbocycles. The van der Waals surface area contributed by atoms with Crippen LogP contribution in [-0.4, -0.2) is 27.9 Å². The molecule has 2 heterocycles. The molecule has 0 saturated carbocycles. The lowest BCUT2D eigenvalue weighted by Crippen LogP contribution is -2.25. The average molecular weight is 333 g/mol.